The summed E-state index contributed by atoms with van der Waals surface area (Å²) in [7, 11) is 4.02. The summed E-state index contributed by atoms with van der Waals surface area (Å²) < 4.78 is 0. The van der Waals surface area contributed by atoms with Crippen molar-refractivity contribution in [1.82, 2.24) is 9.88 Å². The first kappa shape index (κ1) is 22.3. The molecule has 0 aliphatic rings. The maximum absolute atomic E-state index is 4.11. The van der Waals surface area contributed by atoms with Gasteiger partial charge < -0.3 is 10.2 Å². The zero-order valence-electron chi connectivity index (χ0n) is 15.4. The van der Waals surface area contributed by atoms with Crippen LogP contribution >= 0.6 is 0 Å². The molecule has 1 aromatic rings. The number of aromatic nitrogens is 1. The number of likely N-dealkylation sites (N-methyl/N-ethyl adjacent to an activating group) is 1. The number of hydrogen-bond donors (Lipinski definition) is 1. The summed E-state index contributed by atoms with van der Waals surface area (Å²) in [6, 6.07) is 3.91. The fraction of sp³-hybridized carbons (Fsp3) is 0.421. The normalized spacial score (nSPS) is 10.5. The van der Waals surface area contributed by atoms with E-state index in [4.69, 9.17) is 0 Å². The first-order chi connectivity index (χ1) is 10.7. The molecule has 1 aromatic heterocycles. The van der Waals surface area contributed by atoms with Gasteiger partial charge >= 0.3 is 0 Å². The van der Waals surface area contributed by atoms with Gasteiger partial charge in [0.05, 0.1) is 17.6 Å². The Balaban J connectivity index is 0. The summed E-state index contributed by atoms with van der Waals surface area (Å²) in [4.78, 5) is 6.16. The SMILES string of the molecule is C=C/C(=C(\C/C=C\C)Nc1cccnc1)N(C)C.CC.CC. The van der Waals surface area contributed by atoms with Crippen molar-refractivity contribution in [2.45, 2.75) is 41.0 Å². The summed E-state index contributed by atoms with van der Waals surface area (Å²) in [5, 5.41) is 3.40. The first-order valence-electron chi connectivity index (χ1n) is 8.00. The van der Waals surface area contributed by atoms with Gasteiger partial charge in [-0.2, -0.15) is 0 Å². The molecule has 0 unspecified atom stereocenters. The average Bonchev–Trinajstić information content (AvgIpc) is 2.57. The lowest BCUT2D eigenvalue weighted by Gasteiger charge is -2.20. The molecule has 0 aromatic carbocycles. The molecule has 0 spiro atoms. The molecule has 3 nitrogen and oxygen atoms in total. The van der Waals surface area contributed by atoms with E-state index in [0.717, 1.165) is 23.5 Å². The van der Waals surface area contributed by atoms with Crippen molar-refractivity contribution in [2.75, 3.05) is 19.4 Å². The monoisotopic (exact) mass is 303 g/mol. The zero-order valence-corrected chi connectivity index (χ0v) is 15.4. The molecule has 1 N–H and O–H groups in total. The van der Waals surface area contributed by atoms with Crippen molar-refractivity contribution in [3.05, 3.63) is 60.7 Å². The molecule has 3 heteroatoms. The molecule has 1 rings (SSSR count). The third-order valence-corrected chi connectivity index (χ3v) is 2.50. The van der Waals surface area contributed by atoms with Crippen LogP contribution in [0.1, 0.15) is 41.0 Å². The van der Waals surface area contributed by atoms with Crippen molar-refractivity contribution in [3.8, 4) is 0 Å². The fourth-order valence-corrected chi connectivity index (χ4v) is 1.64. The summed E-state index contributed by atoms with van der Waals surface area (Å²) in [5.74, 6) is 0. The molecule has 0 aliphatic heterocycles. The third kappa shape index (κ3) is 9.01. The molecule has 0 aliphatic carbocycles. The quantitative estimate of drug-likeness (QED) is 0.558. The molecule has 0 bridgehead atoms. The highest BCUT2D eigenvalue weighted by Gasteiger charge is 2.05. The molecular weight excluding hydrogens is 270 g/mol. The second-order valence-electron chi connectivity index (χ2n) is 4.10. The van der Waals surface area contributed by atoms with Crippen LogP contribution in [0.2, 0.25) is 0 Å². The van der Waals surface area contributed by atoms with Gasteiger partial charge in [0.15, 0.2) is 0 Å². The van der Waals surface area contributed by atoms with Crippen LogP contribution in [0.25, 0.3) is 0 Å². The predicted octanol–water partition coefficient (Wildman–Crippen LogP) is 5.47. The molecular formula is C19H33N3. The summed E-state index contributed by atoms with van der Waals surface area (Å²) in [5.41, 5.74) is 3.18. The number of anilines is 1. The second-order valence-corrected chi connectivity index (χ2v) is 4.10. The fourth-order valence-electron chi connectivity index (χ4n) is 1.64. The Kier molecular flexibility index (Phi) is 15.5. The number of nitrogens with zero attached hydrogens (tertiary/aromatic N) is 2. The second kappa shape index (κ2) is 15.4. The first-order valence-corrected chi connectivity index (χ1v) is 8.00. The minimum absolute atomic E-state index is 0.838. The maximum atomic E-state index is 4.11. The summed E-state index contributed by atoms with van der Waals surface area (Å²) in [6.45, 7) is 13.9. The molecule has 22 heavy (non-hydrogen) atoms. The van der Waals surface area contributed by atoms with E-state index < -0.39 is 0 Å². The molecule has 1 heterocycles. The maximum Gasteiger partial charge on any atom is 0.0568 e. The number of allylic oxidation sites excluding steroid dienone is 3. The van der Waals surface area contributed by atoms with E-state index in [1.165, 1.54) is 0 Å². The van der Waals surface area contributed by atoms with Crippen LogP contribution in [-0.2, 0) is 0 Å². The van der Waals surface area contributed by atoms with Gasteiger partial charge in [0, 0.05) is 32.4 Å². The van der Waals surface area contributed by atoms with E-state index >= 15 is 0 Å². The Morgan fingerprint density at radius 3 is 2.32 bits per heavy atom. The predicted molar refractivity (Wildman–Crippen MR) is 101 cm³/mol. The zero-order chi connectivity index (χ0) is 17.4. The standard InChI is InChI=1S/C15H21N3.2C2H6/c1-5-7-10-14(15(6-2)18(3)4)17-13-9-8-11-16-12-13;2*1-2/h5-9,11-12,17H,2,10H2,1,3-4H3;2*1-2H3/b7-5-,15-14-;;. The molecule has 0 fully saturated rings. The number of pyridine rings is 1. The lowest BCUT2D eigenvalue weighted by molar-refractivity contribution is 0.522. The minimum atomic E-state index is 0.838. The van der Waals surface area contributed by atoms with Gasteiger partial charge in [-0.25, -0.2) is 0 Å². The van der Waals surface area contributed by atoms with Crippen molar-refractivity contribution >= 4 is 5.69 Å². The molecule has 124 valence electrons. The van der Waals surface area contributed by atoms with Crippen LogP contribution in [-0.4, -0.2) is 24.0 Å². The molecule has 0 saturated carbocycles. The Labute approximate surface area is 137 Å². The molecule has 0 atom stereocenters. The molecule has 0 saturated heterocycles. The van der Waals surface area contributed by atoms with Gasteiger partial charge in [0.2, 0.25) is 0 Å². The Morgan fingerprint density at radius 2 is 1.91 bits per heavy atom. The highest BCUT2D eigenvalue weighted by Crippen LogP contribution is 2.16. The Morgan fingerprint density at radius 1 is 1.27 bits per heavy atom. The number of nitrogens with one attached hydrogen (secondary N) is 1. The van der Waals surface area contributed by atoms with E-state index in [9.17, 15) is 0 Å². The smallest absolute Gasteiger partial charge is 0.0568 e. The van der Waals surface area contributed by atoms with E-state index in [2.05, 4.69) is 27.9 Å². The number of rotatable bonds is 6. The van der Waals surface area contributed by atoms with Crippen LogP contribution < -0.4 is 5.32 Å². The van der Waals surface area contributed by atoms with Crippen molar-refractivity contribution < 1.29 is 0 Å². The Hall–Kier alpha value is -2.03. The van der Waals surface area contributed by atoms with Crippen molar-refractivity contribution in [3.63, 3.8) is 0 Å². The van der Waals surface area contributed by atoms with Crippen molar-refractivity contribution in [1.29, 1.82) is 0 Å². The van der Waals surface area contributed by atoms with Crippen LogP contribution in [0.4, 0.5) is 5.69 Å². The number of hydrogen-bond acceptors (Lipinski definition) is 3. The molecule has 0 amide bonds. The van der Waals surface area contributed by atoms with Crippen LogP contribution in [0.5, 0.6) is 0 Å². The van der Waals surface area contributed by atoms with Gasteiger partial charge in [-0.3, -0.25) is 4.98 Å². The summed E-state index contributed by atoms with van der Waals surface area (Å²) in [6.07, 6.45) is 10.4. The van der Waals surface area contributed by atoms with Crippen LogP contribution in [0.3, 0.4) is 0 Å². The highest BCUT2D eigenvalue weighted by atomic mass is 15.1. The summed E-state index contributed by atoms with van der Waals surface area (Å²) >= 11 is 0. The van der Waals surface area contributed by atoms with Gasteiger partial charge in [-0.15, -0.1) is 0 Å². The third-order valence-electron chi connectivity index (χ3n) is 2.50. The molecule has 0 radical (unpaired) electrons. The van der Waals surface area contributed by atoms with E-state index in [1.54, 1.807) is 6.20 Å². The van der Waals surface area contributed by atoms with Gasteiger partial charge in [-0.05, 0) is 25.1 Å². The lowest BCUT2D eigenvalue weighted by atomic mass is 10.2. The largest absolute Gasteiger partial charge is 0.376 e. The topological polar surface area (TPSA) is 28.2 Å². The van der Waals surface area contributed by atoms with Crippen LogP contribution in [0, 0.1) is 0 Å². The van der Waals surface area contributed by atoms with Gasteiger partial charge in [0.1, 0.15) is 0 Å². The van der Waals surface area contributed by atoms with Gasteiger partial charge in [-0.1, -0.05) is 46.4 Å². The van der Waals surface area contributed by atoms with Crippen molar-refractivity contribution in [2.24, 2.45) is 0 Å². The van der Waals surface area contributed by atoms with Gasteiger partial charge in [0.25, 0.3) is 0 Å². The van der Waals surface area contributed by atoms with E-state index in [-0.39, 0.29) is 0 Å². The minimum Gasteiger partial charge on any atom is -0.376 e. The Bertz CT molecular complexity index is 431. The van der Waals surface area contributed by atoms with Crippen LogP contribution in [0.15, 0.2) is 60.7 Å². The lowest BCUT2D eigenvalue weighted by Crippen LogP contribution is -2.15. The van der Waals surface area contributed by atoms with E-state index in [1.807, 2.05) is 79.2 Å². The highest BCUT2D eigenvalue weighted by molar-refractivity contribution is 5.48. The van der Waals surface area contributed by atoms with E-state index in [0.29, 0.717) is 0 Å². The average molecular weight is 303 g/mol.